The van der Waals surface area contributed by atoms with Crippen molar-refractivity contribution in [1.29, 1.82) is 0 Å². The van der Waals surface area contributed by atoms with E-state index in [9.17, 15) is 9.59 Å². The van der Waals surface area contributed by atoms with Gasteiger partial charge in [0.25, 0.3) is 11.1 Å². The Morgan fingerprint density at radius 1 is 1.03 bits per heavy atom. The maximum atomic E-state index is 12.6. The molecule has 0 unspecified atom stereocenters. The average molecular weight is 525 g/mol. The molecule has 7 heteroatoms. The number of carbonyl (C=O) groups is 2. The van der Waals surface area contributed by atoms with Crippen LogP contribution in [0.2, 0.25) is 0 Å². The fraction of sp³-hybridized carbons (Fsp3) is 0.231. The minimum Gasteiger partial charge on any atom is -0.489 e. The zero-order valence-electron chi connectivity index (χ0n) is 18.8. The molecule has 0 spiro atoms. The Bertz CT molecular complexity index is 1210. The van der Waals surface area contributed by atoms with Crippen LogP contribution < -0.4 is 4.74 Å². The lowest BCUT2D eigenvalue weighted by molar-refractivity contribution is -0.122. The van der Waals surface area contributed by atoms with Crippen LogP contribution >= 0.6 is 27.7 Å². The zero-order valence-corrected chi connectivity index (χ0v) is 21.2. The molecule has 0 atom stereocenters. The number of halogens is 1. The standard InChI is InChI=1S/C26H25BrN2O3S/c1-4-13-28-25(30)24(33-26(28)31)15-20-14-17(2)29(18(20)3)22-9-11-23(12-10-22)32-16-19-5-7-21(27)8-6-19/h5-12,14-15H,4,13,16H2,1-3H3/b24-15+. The van der Waals surface area contributed by atoms with Crippen LogP contribution in [-0.2, 0) is 11.4 Å². The molecule has 0 radical (unpaired) electrons. The highest BCUT2D eigenvalue weighted by molar-refractivity contribution is 9.10. The molecule has 1 aliphatic rings. The first-order valence-electron chi connectivity index (χ1n) is 10.8. The second-order valence-electron chi connectivity index (χ2n) is 7.90. The topological polar surface area (TPSA) is 51.5 Å². The lowest BCUT2D eigenvalue weighted by atomic mass is 10.2. The second kappa shape index (κ2) is 10.0. The van der Waals surface area contributed by atoms with Crippen LogP contribution in [0.4, 0.5) is 4.79 Å². The summed E-state index contributed by atoms with van der Waals surface area (Å²) in [4.78, 5) is 26.5. The molecule has 1 aromatic heterocycles. The molecule has 2 amide bonds. The molecular weight excluding hydrogens is 500 g/mol. The smallest absolute Gasteiger partial charge is 0.293 e. The van der Waals surface area contributed by atoms with Gasteiger partial charge in [0.05, 0.1) is 4.91 Å². The van der Waals surface area contributed by atoms with E-state index in [-0.39, 0.29) is 11.1 Å². The van der Waals surface area contributed by atoms with Crippen molar-refractivity contribution in [3.8, 4) is 11.4 Å². The van der Waals surface area contributed by atoms with Gasteiger partial charge in [-0.3, -0.25) is 14.5 Å². The number of nitrogens with zero attached hydrogens (tertiary/aromatic N) is 2. The van der Waals surface area contributed by atoms with Gasteiger partial charge in [-0.05, 0) is 91.7 Å². The van der Waals surface area contributed by atoms with E-state index in [1.165, 1.54) is 4.90 Å². The van der Waals surface area contributed by atoms with E-state index in [4.69, 9.17) is 4.74 Å². The van der Waals surface area contributed by atoms with Gasteiger partial charge in [0.1, 0.15) is 12.4 Å². The predicted octanol–water partition coefficient (Wildman–Crippen LogP) is 6.88. The first kappa shape index (κ1) is 23.4. The van der Waals surface area contributed by atoms with Crippen molar-refractivity contribution in [2.24, 2.45) is 0 Å². The lowest BCUT2D eigenvalue weighted by Gasteiger charge is -2.12. The zero-order chi connectivity index (χ0) is 23.5. The molecular formula is C26H25BrN2O3S. The third-order valence-electron chi connectivity index (χ3n) is 5.49. The SMILES string of the molecule is CCCN1C(=O)S/C(=C/c2cc(C)n(-c3ccc(OCc4ccc(Br)cc4)cc3)c2C)C1=O. The Hall–Kier alpha value is -2.77. The molecule has 0 bridgehead atoms. The van der Waals surface area contributed by atoms with E-state index in [1.54, 1.807) is 0 Å². The first-order valence-corrected chi connectivity index (χ1v) is 12.4. The van der Waals surface area contributed by atoms with Crippen molar-refractivity contribution >= 4 is 44.9 Å². The van der Waals surface area contributed by atoms with E-state index >= 15 is 0 Å². The van der Waals surface area contributed by atoms with Crippen LogP contribution in [0.15, 0.2) is 64.0 Å². The third kappa shape index (κ3) is 5.09. The van der Waals surface area contributed by atoms with E-state index in [0.717, 1.165) is 56.6 Å². The van der Waals surface area contributed by atoms with Gasteiger partial charge in [-0.15, -0.1) is 0 Å². The third-order valence-corrected chi connectivity index (χ3v) is 6.93. The largest absolute Gasteiger partial charge is 0.489 e. The fourth-order valence-corrected chi connectivity index (χ4v) is 4.95. The summed E-state index contributed by atoms with van der Waals surface area (Å²) < 4.78 is 9.10. The summed E-state index contributed by atoms with van der Waals surface area (Å²) in [7, 11) is 0. The molecule has 0 aliphatic carbocycles. The number of aryl methyl sites for hydroxylation is 1. The van der Waals surface area contributed by atoms with E-state index in [1.807, 2.05) is 81.4 Å². The van der Waals surface area contributed by atoms with Gasteiger partial charge in [0.2, 0.25) is 0 Å². The molecule has 0 N–H and O–H groups in total. The second-order valence-corrected chi connectivity index (χ2v) is 9.81. The normalized spacial score (nSPS) is 15.0. The van der Waals surface area contributed by atoms with Gasteiger partial charge < -0.3 is 9.30 Å². The van der Waals surface area contributed by atoms with Crippen molar-refractivity contribution in [1.82, 2.24) is 9.47 Å². The molecule has 0 saturated carbocycles. The first-order chi connectivity index (χ1) is 15.9. The summed E-state index contributed by atoms with van der Waals surface area (Å²) in [6.07, 6.45) is 2.58. The Labute approximate surface area is 206 Å². The van der Waals surface area contributed by atoms with Gasteiger partial charge in [-0.25, -0.2) is 0 Å². The molecule has 1 aliphatic heterocycles. The number of hydrogen-bond acceptors (Lipinski definition) is 4. The van der Waals surface area contributed by atoms with Gasteiger partial charge in [-0.2, -0.15) is 0 Å². The Balaban J connectivity index is 1.51. The number of carbonyl (C=O) groups excluding carboxylic acids is 2. The number of rotatable bonds is 7. The Morgan fingerprint density at radius 3 is 2.39 bits per heavy atom. The molecule has 33 heavy (non-hydrogen) atoms. The molecule has 1 fully saturated rings. The van der Waals surface area contributed by atoms with Gasteiger partial charge in [0, 0.05) is 28.1 Å². The lowest BCUT2D eigenvalue weighted by Crippen LogP contribution is -2.28. The van der Waals surface area contributed by atoms with E-state index < -0.39 is 0 Å². The minimum atomic E-state index is -0.205. The molecule has 170 valence electrons. The van der Waals surface area contributed by atoms with E-state index in [0.29, 0.717) is 18.1 Å². The Morgan fingerprint density at radius 2 is 1.73 bits per heavy atom. The van der Waals surface area contributed by atoms with Crippen LogP contribution in [0.3, 0.4) is 0 Å². The molecule has 1 saturated heterocycles. The minimum absolute atomic E-state index is 0.194. The van der Waals surface area contributed by atoms with Crippen LogP contribution in [0.5, 0.6) is 5.75 Å². The van der Waals surface area contributed by atoms with Crippen LogP contribution in [0.25, 0.3) is 11.8 Å². The maximum absolute atomic E-state index is 12.6. The highest BCUT2D eigenvalue weighted by Gasteiger charge is 2.34. The molecule has 3 aromatic rings. The summed E-state index contributed by atoms with van der Waals surface area (Å²) in [6, 6.07) is 18.1. The number of ether oxygens (including phenoxy) is 1. The van der Waals surface area contributed by atoms with Crippen molar-refractivity contribution in [3.05, 3.63) is 86.5 Å². The number of imide groups is 1. The number of hydrogen-bond donors (Lipinski definition) is 0. The number of benzene rings is 2. The summed E-state index contributed by atoms with van der Waals surface area (Å²) in [5.74, 6) is 0.595. The van der Waals surface area contributed by atoms with Crippen LogP contribution in [0, 0.1) is 13.8 Å². The van der Waals surface area contributed by atoms with Crippen molar-refractivity contribution in [2.75, 3.05) is 6.54 Å². The summed E-state index contributed by atoms with van der Waals surface area (Å²) in [5.41, 5.74) is 5.12. The van der Waals surface area contributed by atoms with Crippen molar-refractivity contribution in [2.45, 2.75) is 33.8 Å². The molecule has 2 heterocycles. The summed E-state index contributed by atoms with van der Waals surface area (Å²) >= 11 is 4.45. The predicted molar refractivity (Wildman–Crippen MR) is 137 cm³/mol. The van der Waals surface area contributed by atoms with Gasteiger partial charge in [0.15, 0.2) is 0 Å². The van der Waals surface area contributed by atoms with Crippen molar-refractivity contribution < 1.29 is 14.3 Å². The maximum Gasteiger partial charge on any atom is 0.293 e. The van der Waals surface area contributed by atoms with Crippen LogP contribution in [-0.4, -0.2) is 27.2 Å². The molecule has 4 rings (SSSR count). The summed E-state index contributed by atoms with van der Waals surface area (Å²) in [5, 5.41) is -0.194. The molecule has 5 nitrogen and oxygen atoms in total. The average Bonchev–Trinajstić information content (AvgIpc) is 3.23. The number of amides is 2. The molecule has 2 aromatic carbocycles. The monoisotopic (exact) mass is 524 g/mol. The fourth-order valence-electron chi connectivity index (χ4n) is 3.83. The van der Waals surface area contributed by atoms with Crippen molar-refractivity contribution in [3.63, 3.8) is 0 Å². The summed E-state index contributed by atoms with van der Waals surface area (Å²) in [6.45, 7) is 6.97. The number of thioether (sulfide) groups is 1. The van der Waals surface area contributed by atoms with Crippen LogP contribution in [0.1, 0.15) is 35.9 Å². The Kier molecular flexibility index (Phi) is 7.10. The highest BCUT2D eigenvalue weighted by atomic mass is 79.9. The quantitative estimate of drug-likeness (QED) is 0.316. The highest BCUT2D eigenvalue weighted by Crippen LogP contribution is 2.34. The van der Waals surface area contributed by atoms with E-state index in [2.05, 4.69) is 20.5 Å². The van der Waals surface area contributed by atoms with Gasteiger partial charge >= 0.3 is 0 Å². The number of aromatic nitrogens is 1. The van der Waals surface area contributed by atoms with Gasteiger partial charge in [-0.1, -0.05) is 35.0 Å².